The van der Waals surface area contributed by atoms with E-state index in [0.29, 0.717) is 17.6 Å². The van der Waals surface area contributed by atoms with E-state index in [4.69, 9.17) is 22.0 Å². The molecular formula is C13H12N6O6S2. The smallest absolute Gasteiger partial charge is 0.296 e. The van der Waals surface area contributed by atoms with Gasteiger partial charge in [-0.05, 0) is 25.1 Å². The highest BCUT2D eigenvalue weighted by Crippen LogP contribution is 2.35. The molecule has 1 heterocycles. The van der Waals surface area contributed by atoms with E-state index in [1.807, 2.05) is 6.07 Å². The standard InChI is InChI=1S/C13H12N6O6S2/c1-6-8(5-14)12(15)17-13(16)11(6)19-18-9-4-7(26-25-24-20)2-3-10(9)27(21,22)23/h2-4,20H,1H3,(H4,15,16,17)(H,21,22,23)/b19-18+. The van der Waals surface area contributed by atoms with Gasteiger partial charge in [-0.3, -0.25) is 4.55 Å². The molecule has 27 heavy (non-hydrogen) atoms. The van der Waals surface area contributed by atoms with E-state index in [2.05, 4.69) is 24.6 Å². The highest BCUT2D eigenvalue weighted by atomic mass is 32.2. The van der Waals surface area contributed by atoms with Crippen molar-refractivity contribution in [3.8, 4) is 6.07 Å². The highest BCUT2D eigenvalue weighted by Gasteiger charge is 2.18. The largest absolute Gasteiger partial charge is 0.383 e. The van der Waals surface area contributed by atoms with Crippen LogP contribution in [0.3, 0.4) is 0 Å². The van der Waals surface area contributed by atoms with Crippen LogP contribution in [0.25, 0.3) is 0 Å². The molecule has 0 aliphatic heterocycles. The van der Waals surface area contributed by atoms with Gasteiger partial charge in [-0.2, -0.15) is 13.7 Å². The van der Waals surface area contributed by atoms with E-state index >= 15 is 0 Å². The predicted octanol–water partition coefficient (Wildman–Crippen LogP) is 2.52. The maximum atomic E-state index is 11.5. The van der Waals surface area contributed by atoms with Crippen LogP contribution in [0.2, 0.25) is 0 Å². The number of hydrogen-bond donors (Lipinski definition) is 4. The van der Waals surface area contributed by atoms with Crippen molar-refractivity contribution in [1.82, 2.24) is 4.98 Å². The van der Waals surface area contributed by atoms with Gasteiger partial charge in [0.15, 0.2) is 5.82 Å². The predicted molar refractivity (Wildman–Crippen MR) is 93.6 cm³/mol. The molecule has 1 aromatic carbocycles. The van der Waals surface area contributed by atoms with Gasteiger partial charge in [0.05, 0.1) is 17.6 Å². The maximum absolute atomic E-state index is 11.5. The topological polar surface area (TPSA) is 206 Å². The fourth-order valence-electron chi connectivity index (χ4n) is 2.01. The zero-order chi connectivity index (χ0) is 20.2. The Morgan fingerprint density at radius 1 is 1.30 bits per heavy atom. The van der Waals surface area contributed by atoms with Crippen molar-refractivity contribution < 1.29 is 27.6 Å². The summed E-state index contributed by atoms with van der Waals surface area (Å²) in [5.74, 6) is -0.201. The molecule has 0 saturated heterocycles. The summed E-state index contributed by atoms with van der Waals surface area (Å²) in [5, 5.41) is 28.4. The molecule has 0 atom stereocenters. The summed E-state index contributed by atoms with van der Waals surface area (Å²) in [4.78, 5) is 3.52. The summed E-state index contributed by atoms with van der Waals surface area (Å²) in [6.45, 7) is 1.52. The minimum Gasteiger partial charge on any atom is -0.383 e. The minimum absolute atomic E-state index is 0.00929. The van der Waals surface area contributed by atoms with Gasteiger partial charge in [-0.1, -0.05) is 5.04 Å². The van der Waals surface area contributed by atoms with E-state index in [1.54, 1.807) is 0 Å². The fourth-order valence-corrected chi connectivity index (χ4v) is 3.01. The molecule has 0 fully saturated rings. The van der Waals surface area contributed by atoms with Gasteiger partial charge in [0, 0.05) is 10.5 Å². The number of azo groups is 1. The molecule has 0 aliphatic carbocycles. The van der Waals surface area contributed by atoms with Crippen LogP contribution in [-0.2, 0) is 19.5 Å². The average Bonchev–Trinajstić information content (AvgIpc) is 2.59. The molecule has 0 saturated carbocycles. The third-order valence-electron chi connectivity index (χ3n) is 3.21. The normalized spacial score (nSPS) is 11.6. The van der Waals surface area contributed by atoms with Gasteiger partial charge >= 0.3 is 0 Å². The lowest BCUT2D eigenvalue weighted by molar-refractivity contribution is -0.432. The van der Waals surface area contributed by atoms with E-state index in [1.165, 1.54) is 19.1 Å². The molecule has 142 valence electrons. The number of anilines is 2. The van der Waals surface area contributed by atoms with Gasteiger partial charge < -0.3 is 11.5 Å². The Morgan fingerprint density at radius 2 is 2.00 bits per heavy atom. The van der Waals surface area contributed by atoms with Crippen LogP contribution >= 0.6 is 12.0 Å². The highest BCUT2D eigenvalue weighted by molar-refractivity contribution is 7.94. The number of nitrogen functional groups attached to an aromatic ring is 2. The summed E-state index contributed by atoms with van der Waals surface area (Å²) >= 11 is 0.543. The molecule has 2 aromatic rings. The van der Waals surface area contributed by atoms with Crippen LogP contribution in [-0.4, -0.2) is 23.2 Å². The van der Waals surface area contributed by atoms with Crippen molar-refractivity contribution in [3.63, 3.8) is 0 Å². The SMILES string of the molecule is Cc1c(C#N)c(N)nc(N)c1/N=N/c1cc(SOOO)ccc1S(=O)(=O)O. The van der Waals surface area contributed by atoms with Crippen molar-refractivity contribution in [3.05, 3.63) is 29.3 Å². The number of benzene rings is 1. The van der Waals surface area contributed by atoms with Crippen LogP contribution in [0.15, 0.2) is 38.2 Å². The minimum atomic E-state index is -4.62. The summed E-state index contributed by atoms with van der Waals surface area (Å²) in [6, 6.07) is 5.37. The third-order valence-corrected chi connectivity index (χ3v) is 4.68. The first-order chi connectivity index (χ1) is 12.7. The first kappa shape index (κ1) is 20.5. The van der Waals surface area contributed by atoms with E-state index < -0.39 is 15.0 Å². The number of nitrogens with two attached hydrogens (primary N) is 2. The van der Waals surface area contributed by atoms with E-state index in [-0.39, 0.29) is 33.5 Å². The molecule has 2 rings (SSSR count). The van der Waals surface area contributed by atoms with Gasteiger partial charge in [-0.25, -0.2) is 10.2 Å². The number of pyridine rings is 1. The summed E-state index contributed by atoms with van der Waals surface area (Å²) in [6.07, 6.45) is 0. The summed E-state index contributed by atoms with van der Waals surface area (Å²) in [7, 11) is -4.62. The molecule has 0 radical (unpaired) electrons. The third kappa shape index (κ3) is 4.68. The number of rotatable bonds is 6. The zero-order valence-corrected chi connectivity index (χ0v) is 15.2. The second-order valence-electron chi connectivity index (χ2n) is 4.87. The Bertz CT molecular complexity index is 1050. The summed E-state index contributed by atoms with van der Waals surface area (Å²) < 4.78 is 36.6. The Labute approximate surface area is 157 Å². The molecule has 0 amide bonds. The maximum Gasteiger partial charge on any atom is 0.296 e. The first-order valence-electron chi connectivity index (χ1n) is 6.82. The fraction of sp³-hybridized carbons (Fsp3) is 0.0769. The number of nitriles is 1. The molecule has 1 aromatic heterocycles. The molecule has 0 spiro atoms. The van der Waals surface area contributed by atoms with Gasteiger partial charge in [0.2, 0.25) is 0 Å². The van der Waals surface area contributed by atoms with Crippen LogP contribution in [0, 0.1) is 18.3 Å². The van der Waals surface area contributed by atoms with Crippen molar-refractivity contribution in [1.29, 1.82) is 5.26 Å². The number of hydrogen-bond acceptors (Lipinski definition) is 12. The number of nitrogens with zero attached hydrogens (tertiary/aromatic N) is 4. The number of aromatic nitrogens is 1. The Kier molecular flexibility index (Phi) is 6.28. The lowest BCUT2D eigenvalue weighted by atomic mass is 10.1. The second kappa shape index (κ2) is 8.26. The van der Waals surface area contributed by atoms with Gasteiger partial charge in [0.25, 0.3) is 10.1 Å². The summed E-state index contributed by atoms with van der Waals surface area (Å²) in [5.41, 5.74) is 11.4. The van der Waals surface area contributed by atoms with Crippen molar-refractivity contribution in [2.45, 2.75) is 16.7 Å². The van der Waals surface area contributed by atoms with Crippen LogP contribution in [0.4, 0.5) is 23.0 Å². The van der Waals surface area contributed by atoms with E-state index in [0.717, 1.165) is 6.07 Å². The van der Waals surface area contributed by atoms with Crippen molar-refractivity contribution in [2.24, 2.45) is 10.2 Å². The Morgan fingerprint density at radius 3 is 2.59 bits per heavy atom. The quantitative estimate of drug-likeness (QED) is 0.178. The molecular weight excluding hydrogens is 400 g/mol. The molecule has 12 nitrogen and oxygen atoms in total. The Balaban J connectivity index is 2.57. The van der Waals surface area contributed by atoms with Crippen molar-refractivity contribution in [2.75, 3.05) is 11.5 Å². The van der Waals surface area contributed by atoms with Gasteiger partial charge in [0.1, 0.15) is 28.2 Å². The second-order valence-corrected chi connectivity index (χ2v) is 7.04. The lowest BCUT2D eigenvalue weighted by Gasteiger charge is -2.08. The van der Waals surface area contributed by atoms with Crippen molar-refractivity contribution >= 4 is 45.2 Å². The van der Waals surface area contributed by atoms with Gasteiger partial charge in [-0.15, -0.1) is 14.6 Å². The van der Waals surface area contributed by atoms with Crippen LogP contribution < -0.4 is 11.5 Å². The average molecular weight is 412 g/mol. The molecule has 6 N–H and O–H groups in total. The lowest BCUT2D eigenvalue weighted by Crippen LogP contribution is -2.02. The van der Waals surface area contributed by atoms with Crippen LogP contribution in [0.5, 0.6) is 0 Å². The Hall–Kier alpha value is -2.80. The zero-order valence-electron chi connectivity index (χ0n) is 13.5. The van der Waals surface area contributed by atoms with Crippen LogP contribution in [0.1, 0.15) is 11.1 Å². The first-order valence-corrected chi connectivity index (χ1v) is 9.01. The molecule has 0 unspecified atom stereocenters. The molecule has 0 bridgehead atoms. The molecule has 0 aliphatic rings. The molecule has 14 heteroatoms. The van der Waals surface area contributed by atoms with E-state index in [9.17, 15) is 13.0 Å². The monoisotopic (exact) mass is 412 g/mol.